The van der Waals surface area contributed by atoms with Crippen molar-refractivity contribution in [1.29, 1.82) is 0 Å². The maximum atomic E-state index is 5.76. The van der Waals surface area contributed by atoms with E-state index in [0.29, 0.717) is 12.2 Å². The van der Waals surface area contributed by atoms with Gasteiger partial charge in [-0.05, 0) is 52.4 Å². The maximum Gasteiger partial charge on any atom is 0.0704 e. The summed E-state index contributed by atoms with van der Waals surface area (Å²) < 4.78 is 5.76. The Kier molecular flexibility index (Phi) is 7.01. The van der Waals surface area contributed by atoms with Crippen molar-refractivity contribution in [2.45, 2.75) is 52.2 Å². The summed E-state index contributed by atoms with van der Waals surface area (Å²) in [7, 11) is 0. The second-order valence-corrected chi connectivity index (χ2v) is 4.73. The molecule has 0 spiro atoms. The molecule has 0 bridgehead atoms. The maximum absolute atomic E-state index is 5.76. The van der Waals surface area contributed by atoms with Crippen LogP contribution in [0.1, 0.15) is 40.0 Å². The SMILES string of the molecule is CCN(CC)CCCNCC1CCC(C)O1. The minimum atomic E-state index is 0.462. The van der Waals surface area contributed by atoms with E-state index in [2.05, 4.69) is 31.0 Å². The highest BCUT2D eigenvalue weighted by molar-refractivity contribution is 4.72. The first-order valence-electron chi connectivity index (χ1n) is 6.84. The van der Waals surface area contributed by atoms with Crippen molar-refractivity contribution in [1.82, 2.24) is 10.2 Å². The second kappa shape index (κ2) is 8.04. The Labute approximate surface area is 101 Å². The highest BCUT2D eigenvalue weighted by Gasteiger charge is 2.20. The van der Waals surface area contributed by atoms with Crippen LogP contribution in [0.2, 0.25) is 0 Å². The van der Waals surface area contributed by atoms with Crippen LogP contribution >= 0.6 is 0 Å². The van der Waals surface area contributed by atoms with Crippen LogP contribution in [0.25, 0.3) is 0 Å². The van der Waals surface area contributed by atoms with Gasteiger partial charge in [-0.1, -0.05) is 13.8 Å². The topological polar surface area (TPSA) is 24.5 Å². The Hall–Kier alpha value is -0.120. The Morgan fingerprint density at radius 3 is 2.56 bits per heavy atom. The average molecular weight is 228 g/mol. The standard InChI is InChI=1S/C13H28N2O/c1-4-15(5-2)10-6-9-14-11-13-8-7-12(3)16-13/h12-14H,4-11H2,1-3H3. The molecule has 1 fully saturated rings. The number of ether oxygens (including phenoxy) is 1. The van der Waals surface area contributed by atoms with Crippen molar-refractivity contribution in [2.75, 3.05) is 32.7 Å². The van der Waals surface area contributed by atoms with Crippen LogP contribution in [-0.2, 0) is 4.74 Å². The molecule has 96 valence electrons. The summed E-state index contributed by atoms with van der Waals surface area (Å²) in [5, 5.41) is 3.50. The van der Waals surface area contributed by atoms with Gasteiger partial charge < -0.3 is 15.0 Å². The Morgan fingerprint density at radius 1 is 1.25 bits per heavy atom. The molecule has 1 rings (SSSR count). The van der Waals surface area contributed by atoms with Crippen molar-refractivity contribution >= 4 is 0 Å². The predicted molar refractivity (Wildman–Crippen MR) is 68.8 cm³/mol. The van der Waals surface area contributed by atoms with E-state index >= 15 is 0 Å². The quantitative estimate of drug-likeness (QED) is 0.642. The van der Waals surface area contributed by atoms with E-state index in [9.17, 15) is 0 Å². The average Bonchev–Trinajstić information content (AvgIpc) is 2.70. The first-order valence-corrected chi connectivity index (χ1v) is 6.84. The summed E-state index contributed by atoms with van der Waals surface area (Å²) in [6, 6.07) is 0. The molecule has 0 radical (unpaired) electrons. The molecule has 0 aromatic carbocycles. The van der Waals surface area contributed by atoms with Gasteiger partial charge >= 0.3 is 0 Å². The highest BCUT2D eigenvalue weighted by atomic mass is 16.5. The number of hydrogen-bond donors (Lipinski definition) is 1. The summed E-state index contributed by atoms with van der Waals surface area (Å²) in [4.78, 5) is 2.47. The Balaban J connectivity index is 1.91. The Morgan fingerprint density at radius 2 is 2.00 bits per heavy atom. The van der Waals surface area contributed by atoms with Crippen LogP contribution in [0.4, 0.5) is 0 Å². The van der Waals surface area contributed by atoms with Crippen LogP contribution in [0.5, 0.6) is 0 Å². The van der Waals surface area contributed by atoms with Gasteiger partial charge in [-0.15, -0.1) is 0 Å². The van der Waals surface area contributed by atoms with Crippen LogP contribution in [-0.4, -0.2) is 49.8 Å². The van der Waals surface area contributed by atoms with E-state index in [1.165, 1.54) is 38.9 Å². The normalized spacial score (nSPS) is 25.5. The van der Waals surface area contributed by atoms with Crippen molar-refractivity contribution in [3.63, 3.8) is 0 Å². The molecule has 0 amide bonds. The lowest BCUT2D eigenvalue weighted by Crippen LogP contribution is -2.31. The zero-order valence-corrected chi connectivity index (χ0v) is 11.2. The summed E-state index contributed by atoms with van der Waals surface area (Å²) in [5.74, 6) is 0. The van der Waals surface area contributed by atoms with Gasteiger partial charge in [-0.3, -0.25) is 0 Å². The molecule has 2 unspecified atom stereocenters. The molecule has 3 heteroatoms. The molecule has 2 atom stereocenters. The van der Waals surface area contributed by atoms with Crippen molar-refractivity contribution < 1.29 is 4.74 Å². The summed E-state index contributed by atoms with van der Waals surface area (Å²) in [5.41, 5.74) is 0. The van der Waals surface area contributed by atoms with Gasteiger partial charge in [0.2, 0.25) is 0 Å². The first-order chi connectivity index (χ1) is 7.76. The fourth-order valence-electron chi connectivity index (χ4n) is 2.27. The van der Waals surface area contributed by atoms with E-state index in [1.807, 2.05) is 0 Å². The van der Waals surface area contributed by atoms with Gasteiger partial charge in [-0.25, -0.2) is 0 Å². The summed E-state index contributed by atoms with van der Waals surface area (Å²) >= 11 is 0. The van der Waals surface area contributed by atoms with Crippen molar-refractivity contribution in [3.05, 3.63) is 0 Å². The molecule has 1 aliphatic heterocycles. The zero-order chi connectivity index (χ0) is 11.8. The molecule has 3 nitrogen and oxygen atoms in total. The lowest BCUT2D eigenvalue weighted by Gasteiger charge is -2.18. The predicted octanol–water partition coefficient (Wildman–Crippen LogP) is 1.88. The minimum absolute atomic E-state index is 0.462. The van der Waals surface area contributed by atoms with E-state index in [4.69, 9.17) is 4.74 Å². The smallest absolute Gasteiger partial charge is 0.0704 e. The molecule has 0 saturated carbocycles. The van der Waals surface area contributed by atoms with Gasteiger partial charge in [0.1, 0.15) is 0 Å². The van der Waals surface area contributed by atoms with Crippen LogP contribution < -0.4 is 5.32 Å². The lowest BCUT2D eigenvalue weighted by molar-refractivity contribution is 0.0560. The van der Waals surface area contributed by atoms with Crippen LogP contribution in [0.3, 0.4) is 0 Å². The zero-order valence-electron chi connectivity index (χ0n) is 11.2. The monoisotopic (exact) mass is 228 g/mol. The summed E-state index contributed by atoms with van der Waals surface area (Å²) in [6.07, 6.45) is 4.63. The second-order valence-electron chi connectivity index (χ2n) is 4.73. The van der Waals surface area contributed by atoms with Gasteiger partial charge in [-0.2, -0.15) is 0 Å². The van der Waals surface area contributed by atoms with Gasteiger partial charge in [0.15, 0.2) is 0 Å². The van der Waals surface area contributed by atoms with E-state index in [1.54, 1.807) is 0 Å². The fourth-order valence-corrected chi connectivity index (χ4v) is 2.27. The molecule has 0 aromatic heterocycles. The van der Waals surface area contributed by atoms with Crippen molar-refractivity contribution in [2.24, 2.45) is 0 Å². The molecule has 1 saturated heterocycles. The minimum Gasteiger partial charge on any atom is -0.374 e. The van der Waals surface area contributed by atoms with E-state index < -0.39 is 0 Å². The molecular weight excluding hydrogens is 200 g/mol. The molecule has 16 heavy (non-hydrogen) atoms. The highest BCUT2D eigenvalue weighted by Crippen LogP contribution is 2.17. The molecular formula is C13H28N2O. The lowest BCUT2D eigenvalue weighted by atomic mass is 10.2. The van der Waals surface area contributed by atoms with Gasteiger partial charge in [0.25, 0.3) is 0 Å². The summed E-state index contributed by atoms with van der Waals surface area (Å²) in [6.45, 7) is 12.3. The molecule has 1 aliphatic rings. The van der Waals surface area contributed by atoms with Crippen molar-refractivity contribution in [3.8, 4) is 0 Å². The fraction of sp³-hybridized carbons (Fsp3) is 1.00. The van der Waals surface area contributed by atoms with E-state index in [0.717, 1.165) is 13.1 Å². The number of nitrogens with one attached hydrogen (secondary N) is 1. The van der Waals surface area contributed by atoms with Crippen LogP contribution in [0.15, 0.2) is 0 Å². The Bertz CT molecular complexity index is 171. The first kappa shape index (κ1) is 13.9. The third kappa shape index (κ3) is 5.28. The molecule has 0 aliphatic carbocycles. The van der Waals surface area contributed by atoms with Gasteiger partial charge in [0, 0.05) is 6.54 Å². The number of rotatable bonds is 8. The third-order valence-electron chi connectivity index (χ3n) is 3.41. The molecule has 1 heterocycles. The van der Waals surface area contributed by atoms with E-state index in [-0.39, 0.29) is 0 Å². The van der Waals surface area contributed by atoms with Gasteiger partial charge in [0.05, 0.1) is 12.2 Å². The molecule has 0 aromatic rings. The largest absolute Gasteiger partial charge is 0.374 e. The number of hydrogen-bond acceptors (Lipinski definition) is 3. The van der Waals surface area contributed by atoms with Crippen LogP contribution in [0, 0.1) is 0 Å². The number of nitrogens with zero attached hydrogens (tertiary/aromatic N) is 1. The molecule has 1 N–H and O–H groups in total. The third-order valence-corrected chi connectivity index (χ3v) is 3.41.